The molecule has 0 aromatic heterocycles. The lowest BCUT2D eigenvalue weighted by Gasteiger charge is -2.59. The number of rotatable bonds is 3. The number of halogens is 2. The Hall–Kier alpha value is -1.37. The summed E-state index contributed by atoms with van der Waals surface area (Å²) in [6.07, 6.45) is 6.70. The van der Waals surface area contributed by atoms with E-state index < -0.39 is 39.3 Å². The summed E-state index contributed by atoms with van der Waals surface area (Å²) < 4.78 is 5.48. The van der Waals surface area contributed by atoms with Crippen LogP contribution in [-0.2, 0) is 19.1 Å². The number of hydrogen-bond acceptors (Lipinski definition) is 5. The molecule has 164 valence electrons. The second-order valence-electron chi connectivity index (χ2n) is 9.60. The molecule has 0 spiro atoms. The third-order valence-corrected chi connectivity index (χ3v) is 8.77. The Morgan fingerprint density at radius 1 is 1.27 bits per heavy atom. The minimum Gasteiger partial charge on any atom is -0.478 e. The predicted molar refractivity (Wildman–Crippen MR) is 110 cm³/mol. The summed E-state index contributed by atoms with van der Waals surface area (Å²) in [5.41, 5.74) is -2.15. The van der Waals surface area contributed by atoms with E-state index in [-0.39, 0.29) is 36.4 Å². The van der Waals surface area contributed by atoms with Crippen molar-refractivity contribution in [2.75, 3.05) is 0 Å². The minimum atomic E-state index is -1.78. The molecule has 30 heavy (non-hydrogen) atoms. The Labute approximate surface area is 185 Å². The van der Waals surface area contributed by atoms with Gasteiger partial charge in [-0.1, -0.05) is 48.7 Å². The van der Waals surface area contributed by atoms with Crippen molar-refractivity contribution < 1.29 is 29.3 Å². The number of carboxylic acid groups (broad SMARTS) is 1. The van der Waals surface area contributed by atoms with Crippen LogP contribution in [0.3, 0.4) is 0 Å². The molecule has 3 saturated carbocycles. The van der Waals surface area contributed by atoms with Gasteiger partial charge in [0.15, 0.2) is 5.78 Å². The summed E-state index contributed by atoms with van der Waals surface area (Å²) in [4.78, 5) is 35.0. The van der Waals surface area contributed by atoms with Crippen LogP contribution in [-0.4, -0.2) is 44.5 Å². The summed E-state index contributed by atoms with van der Waals surface area (Å²) in [5, 5.41) is 21.5. The first-order chi connectivity index (χ1) is 14.0. The van der Waals surface area contributed by atoms with Gasteiger partial charge in [0.05, 0.1) is 6.10 Å². The Kier molecular flexibility index (Phi) is 5.15. The van der Waals surface area contributed by atoms with Crippen molar-refractivity contribution in [3.8, 4) is 0 Å². The molecule has 7 atom stereocenters. The van der Waals surface area contributed by atoms with Gasteiger partial charge in [-0.25, -0.2) is 9.59 Å². The number of ketones is 1. The van der Waals surface area contributed by atoms with E-state index >= 15 is 0 Å². The maximum atomic E-state index is 12.4. The SMILES string of the molecule is C[C@]12C=CC(=O)C=C1CC[C@@H]1[C@@H]2[C@@H](O)C[C@@]2(C)[C@H]1CC[C@@]2(OC(=O)C(Cl)Cl)C(=O)O. The number of carbonyl (C=O) groups excluding carboxylic acids is 2. The van der Waals surface area contributed by atoms with Gasteiger partial charge in [-0.3, -0.25) is 4.79 Å². The number of allylic oxidation sites excluding steroid dienone is 4. The van der Waals surface area contributed by atoms with Gasteiger partial charge in [-0.2, -0.15) is 0 Å². The first kappa shape index (κ1) is 21.8. The van der Waals surface area contributed by atoms with E-state index in [0.717, 1.165) is 18.4 Å². The smallest absolute Gasteiger partial charge is 0.348 e. The third kappa shape index (κ3) is 2.83. The van der Waals surface area contributed by atoms with Crippen LogP contribution in [0.25, 0.3) is 0 Å². The average Bonchev–Trinajstić information content (AvgIpc) is 2.94. The molecular formula is C22H26Cl2O6. The van der Waals surface area contributed by atoms with Crippen LogP contribution in [0.5, 0.6) is 0 Å². The Morgan fingerprint density at radius 3 is 2.60 bits per heavy atom. The molecule has 4 rings (SSSR count). The van der Waals surface area contributed by atoms with E-state index in [1.807, 2.05) is 6.08 Å². The number of esters is 1. The molecule has 0 bridgehead atoms. The van der Waals surface area contributed by atoms with Crippen molar-refractivity contribution >= 4 is 40.9 Å². The van der Waals surface area contributed by atoms with Gasteiger partial charge < -0.3 is 14.9 Å². The zero-order valence-corrected chi connectivity index (χ0v) is 18.4. The lowest BCUT2D eigenvalue weighted by molar-refractivity contribution is -0.208. The monoisotopic (exact) mass is 456 g/mol. The van der Waals surface area contributed by atoms with E-state index in [1.54, 1.807) is 19.1 Å². The van der Waals surface area contributed by atoms with Crippen molar-refractivity contribution in [3.63, 3.8) is 0 Å². The lowest BCUT2D eigenvalue weighted by Crippen LogP contribution is -2.62. The maximum absolute atomic E-state index is 12.4. The molecule has 0 aromatic carbocycles. The normalized spacial score (nSPS) is 44.7. The van der Waals surface area contributed by atoms with Crippen molar-refractivity contribution in [2.45, 2.75) is 62.5 Å². The van der Waals surface area contributed by atoms with Gasteiger partial charge in [0.25, 0.3) is 0 Å². The van der Waals surface area contributed by atoms with Crippen LogP contribution < -0.4 is 0 Å². The van der Waals surface area contributed by atoms with Gasteiger partial charge in [0.1, 0.15) is 0 Å². The second kappa shape index (κ2) is 7.07. The number of aliphatic hydroxyl groups is 1. The predicted octanol–water partition coefficient (Wildman–Crippen LogP) is 3.44. The number of carboxylic acids is 1. The number of alkyl halides is 2. The molecule has 0 heterocycles. The van der Waals surface area contributed by atoms with E-state index in [4.69, 9.17) is 27.9 Å². The molecule has 0 aromatic rings. The molecule has 8 heteroatoms. The highest BCUT2D eigenvalue weighted by molar-refractivity contribution is 6.53. The summed E-state index contributed by atoms with van der Waals surface area (Å²) in [6.45, 7) is 3.85. The Balaban J connectivity index is 1.74. The highest BCUT2D eigenvalue weighted by Gasteiger charge is 2.71. The van der Waals surface area contributed by atoms with E-state index in [9.17, 15) is 24.6 Å². The second-order valence-corrected chi connectivity index (χ2v) is 10.7. The third-order valence-electron chi connectivity index (χ3n) is 8.41. The molecule has 0 unspecified atom stereocenters. The fourth-order valence-corrected chi connectivity index (χ4v) is 7.18. The van der Waals surface area contributed by atoms with Crippen molar-refractivity contribution in [1.29, 1.82) is 0 Å². The summed E-state index contributed by atoms with van der Waals surface area (Å²) >= 11 is 11.3. The van der Waals surface area contributed by atoms with Gasteiger partial charge in [0.2, 0.25) is 10.4 Å². The number of aliphatic hydroxyl groups excluding tert-OH is 1. The highest BCUT2D eigenvalue weighted by atomic mass is 35.5. The molecule has 3 fully saturated rings. The van der Waals surface area contributed by atoms with Gasteiger partial charge in [-0.05, 0) is 56.1 Å². The zero-order valence-electron chi connectivity index (χ0n) is 16.9. The van der Waals surface area contributed by atoms with Crippen LogP contribution in [0.1, 0.15) is 46.0 Å². The summed E-state index contributed by atoms with van der Waals surface area (Å²) in [5.74, 6) is -2.38. The zero-order chi connectivity index (χ0) is 22.1. The molecule has 0 radical (unpaired) electrons. The first-order valence-corrected chi connectivity index (χ1v) is 11.2. The molecule has 4 aliphatic rings. The topological polar surface area (TPSA) is 101 Å². The van der Waals surface area contributed by atoms with Crippen molar-refractivity contribution in [1.82, 2.24) is 0 Å². The maximum Gasteiger partial charge on any atom is 0.348 e. The number of carbonyl (C=O) groups is 3. The molecule has 2 N–H and O–H groups in total. The molecule has 6 nitrogen and oxygen atoms in total. The summed E-state index contributed by atoms with van der Waals surface area (Å²) in [6, 6.07) is 0. The standard InChI is InChI=1S/C22H26Cl2O6/c1-20-7-5-12(25)9-11(20)3-4-13-14-6-8-22(19(28)29,30-18(27)17(23)24)21(14,2)10-15(26)16(13)20/h5,7,9,13-17,26H,3-4,6,8,10H2,1-2H3,(H,28,29)/t13-,14-,15-,16+,20-,21-,22+/m0/s1. The number of aliphatic carboxylic acids is 1. The quantitative estimate of drug-likeness (QED) is 0.498. The van der Waals surface area contributed by atoms with Crippen molar-refractivity contribution in [2.24, 2.45) is 28.6 Å². The fourth-order valence-electron chi connectivity index (χ4n) is 7.09. The summed E-state index contributed by atoms with van der Waals surface area (Å²) in [7, 11) is 0. The van der Waals surface area contributed by atoms with E-state index in [1.165, 1.54) is 0 Å². The van der Waals surface area contributed by atoms with Crippen molar-refractivity contribution in [3.05, 3.63) is 23.8 Å². The average molecular weight is 457 g/mol. The Bertz CT molecular complexity index is 866. The fraction of sp³-hybridized carbons (Fsp3) is 0.682. The van der Waals surface area contributed by atoms with Crippen LogP contribution in [0.15, 0.2) is 23.8 Å². The molecular weight excluding hydrogens is 431 g/mol. The first-order valence-electron chi connectivity index (χ1n) is 10.3. The van der Waals surface area contributed by atoms with Crippen LogP contribution in [0, 0.1) is 28.6 Å². The lowest BCUT2D eigenvalue weighted by atomic mass is 9.46. The molecule has 0 aliphatic heterocycles. The van der Waals surface area contributed by atoms with Gasteiger partial charge in [0, 0.05) is 16.7 Å². The van der Waals surface area contributed by atoms with E-state index in [2.05, 4.69) is 6.92 Å². The number of hydrogen-bond donors (Lipinski definition) is 2. The van der Waals surface area contributed by atoms with Crippen LogP contribution >= 0.6 is 23.2 Å². The largest absolute Gasteiger partial charge is 0.478 e. The molecule has 0 saturated heterocycles. The Morgan fingerprint density at radius 2 is 1.97 bits per heavy atom. The van der Waals surface area contributed by atoms with Crippen LogP contribution in [0.4, 0.5) is 0 Å². The highest BCUT2D eigenvalue weighted by Crippen LogP contribution is 2.67. The molecule has 0 amide bonds. The number of fused-ring (bicyclic) bond motifs is 5. The van der Waals surface area contributed by atoms with Crippen LogP contribution in [0.2, 0.25) is 0 Å². The van der Waals surface area contributed by atoms with Gasteiger partial charge in [-0.15, -0.1) is 0 Å². The van der Waals surface area contributed by atoms with E-state index in [0.29, 0.717) is 6.42 Å². The van der Waals surface area contributed by atoms with Gasteiger partial charge >= 0.3 is 11.9 Å². The molecule has 4 aliphatic carbocycles. The minimum absolute atomic E-state index is 0.0366. The number of ether oxygens (including phenoxy) is 1.